The number of amides is 2. The molecule has 0 bridgehead atoms. The van der Waals surface area contributed by atoms with Gasteiger partial charge >= 0.3 is 5.97 Å². The van der Waals surface area contributed by atoms with Crippen molar-refractivity contribution in [2.45, 2.75) is 23.6 Å². The number of nitrogens with zero attached hydrogens (tertiary/aromatic N) is 3. The van der Waals surface area contributed by atoms with Crippen LogP contribution in [0, 0.1) is 18.3 Å². The number of carbonyl (C=O) groups excluding carboxylic acids is 4. The van der Waals surface area contributed by atoms with Gasteiger partial charge in [-0.2, -0.15) is 5.26 Å². The molecule has 42 heavy (non-hydrogen) atoms. The summed E-state index contributed by atoms with van der Waals surface area (Å²) in [4.78, 5) is 56.6. The van der Waals surface area contributed by atoms with Gasteiger partial charge in [-0.3, -0.25) is 14.4 Å². The van der Waals surface area contributed by atoms with Gasteiger partial charge in [-0.15, -0.1) is 0 Å². The Labute approximate surface area is 250 Å². The number of aromatic nitrogens is 1. The number of rotatable bonds is 8. The van der Waals surface area contributed by atoms with E-state index in [0.717, 1.165) is 27.8 Å². The minimum absolute atomic E-state index is 0.0680. The summed E-state index contributed by atoms with van der Waals surface area (Å²) in [6, 6.07) is 25.3. The predicted molar refractivity (Wildman–Crippen MR) is 158 cm³/mol. The van der Waals surface area contributed by atoms with Crippen LogP contribution in [0.2, 0.25) is 5.02 Å². The normalized spacial score (nSPS) is 14.5. The zero-order valence-corrected chi connectivity index (χ0v) is 23.8. The largest absolute Gasteiger partial charge is 0.454 e. The third-order valence-corrected chi connectivity index (χ3v) is 7.99. The van der Waals surface area contributed by atoms with Gasteiger partial charge in [0.25, 0.3) is 0 Å². The second-order valence-corrected chi connectivity index (χ2v) is 11.1. The molecule has 0 aliphatic carbocycles. The number of thioether (sulfide) groups is 1. The monoisotopic (exact) mass is 595 g/mol. The van der Waals surface area contributed by atoms with Crippen LogP contribution in [0.3, 0.4) is 0 Å². The maximum absolute atomic E-state index is 13.3. The smallest absolute Gasteiger partial charge is 0.338 e. The van der Waals surface area contributed by atoms with Crippen LogP contribution >= 0.6 is 23.4 Å². The average Bonchev–Trinajstić information content (AvgIpc) is 3.28. The molecule has 1 fully saturated rings. The molecular formula is C32H22ClN3O5S. The van der Waals surface area contributed by atoms with E-state index in [1.165, 1.54) is 24.3 Å². The topological polar surface area (TPSA) is 117 Å². The van der Waals surface area contributed by atoms with Crippen molar-refractivity contribution in [1.82, 2.24) is 4.98 Å². The molecule has 0 saturated carbocycles. The Morgan fingerprint density at radius 2 is 1.64 bits per heavy atom. The lowest BCUT2D eigenvalue weighted by Gasteiger charge is -2.15. The van der Waals surface area contributed by atoms with Gasteiger partial charge in [0.15, 0.2) is 12.4 Å². The fraction of sp³-hybridized carbons (Fsp3) is 0.125. The summed E-state index contributed by atoms with van der Waals surface area (Å²) in [5.41, 5.74) is 3.75. The van der Waals surface area contributed by atoms with E-state index in [9.17, 15) is 24.4 Å². The molecule has 8 nitrogen and oxygen atoms in total. The Bertz CT molecular complexity index is 1730. The van der Waals surface area contributed by atoms with E-state index < -0.39 is 29.6 Å². The second kappa shape index (κ2) is 12.4. The maximum atomic E-state index is 13.3. The number of hydrogen-bond donors (Lipinski definition) is 0. The Hall–Kier alpha value is -4.78. The summed E-state index contributed by atoms with van der Waals surface area (Å²) in [5, 5.41) is 9.70. The minimum Gasteiger partial charge on any atom is -0.454 e. The van der Waals surface area contributed by atoms with E-state index in [0.29, 0.717) is 32.6 Å². The van der Waals surface area contributed by atoms with Crippen LogP contribution in [0.1, 0.15) is 38.3 Å². The fourth-order valence-electron chi connectivity index (χ4n) is 4.28. The molecule has 10 heteroatoms. The van der Waals surface area contributed by atoms with Gasteiger partial charge in [-0.25, -0.2) is 14.7 Å². The number of pyridine rings is 1. The number of hydrogen-bond acceptors (Lipinski definition) is 8. The highest BCUT2D eigenvalue weighted by Gasteiger charge is 2.40. The molecule has 2 amide bonds. The van der Waals surface area contributed by atoms with E-state index in [1.54, 1.807) is 36.4 Å². The number of ketones is 1. The van der Waals surface area contributed by atoms with Crippen molar-refractivity contribution in [1.29, 1.82) is 5.26 Å². The van der Waals surface area contributed by atoms with Crippen molar-refractivity contribution in [2.24, 2.45) is 0 Å². The number of nitriles is 1. The summed E-state index contributed by atoms with van der Waals surface area (Å²) < 4.78 is 5.13. The van der Waals surface area contributed by atoms with Gasteiger partial charge in [0.05, 0.1) is 27.8 Å². The number of carbonyl (C=O) groups is 4. The zero-order chi connectivity index (χ0) is 29.8. The van der Waals surface area contributed by atoms with Crippen molar-refractivity contribution in [2.75, 3.05) is 11.5 Å². The van der Waals surface area contributed by atoms with E-state index in [1.807, 2.05) is 31.2 Å². The Morgan fingerprint density at radius 1 is 0.976 bits per heavy atom. The number of esters is 1. The molecule has 0 spiro atoms. The van der Waals surface area contributed by atoms with Gasteiger partial charge < -0.3 is 4.74 Å². The average molecular weight is 596 g/mol. The summed E-state index contributed by atoms with van der Waals surface area (Å²) in [7, 11) is 0. The molecule has 1 atom stereocenters. The molecule has 1 aliphatic heterocycles. The van der Waals surface area contributed by atoms with Crippen molar-refractivity contribution in [3.63, 3.8) is 0 Å². The van der Waals surface area contributed by atoms with Gasteiger partial charge in [-0.1, -0.05) is 53.2 Å². The van der Waals surface area contributed by atoms with Crippen molar-refractivity contribution in [3.05, 3.63) is 112 Å². The molecule has 208 valence electrons. The van der Waals surface area contributed by atoms with E-state index in [-0.39, 0.29) is 17.8 Å². The first-order valence-electron chi connectivity index (χ1n) is 12.8. The molecule has 2 heterocycles. The van der Waals surface area contributed by atoms with Crippen molar-refractivity contribution in [3.8, 4) is 17.3 Å². The molecule has 4 aromatic rings. The number of aryl methyl sites for hydroxylation is 1. The Balaban J connectivity index is 1.26. The van der Waals surface area contributed by atoms with Gasteiger partial charge in [0.1, 0.15) is 11.1 Å². The first kappa shape index (κ1) is 28.7. The first-order valence-corrected chi connectivity index (χ1v) is 14.1. The molecule has 1 aliphatic rings. The lowest BCUT2D eigenvalue weighted by atomic mass is 10.1. The van der Waals surface area contributed by atoms with Crippen LogP contribution in [0.5, 0.6) is 0 Å². The van der Waals surface area contributed by atoms with Crippen LogP contribution in [0.15, 0.2) is 90.0 Å². The van der Waals surface area contributed by atoms with Crippen LogP contribution in [0.25, 0.3) is 11.3 Å². The predicted octanol–water partition coefficient (Wildman–Crippen LogP) is 6.05. The lowest BCUT2D eigenvalue weighted by Crippen LogP contribution is -2.31. The minimum atomic E-state index is -0.770. The highest BCUT2D eigenvalue weighted by molar-refractivity contribution is 8.00. The van der Waals surface area contributed by atoms with E-state index >= 15 is 0 Å². The number of imide groups is 1. The SMILES string of the molecule is Cc1ccc(-c2ccc(C#N)c(SC3CC(=O)N(c4ccc(C(=O)OCC(=O)c5ccc(Cl)cc5)cc4)C3=O)n2)cc1. The molecule has 1 aromatic heterocycles. The number of anilines is 1. The quantitative estimate of drug-likeness (QED) is 0.137. The standard InChI is InChI=1S/C32H22ClN3O5S/c1-19-2-4-20(5-3-19)26-15-10-23(17-34)30(35-26)42-28-16-29(38)36(31(28)39)25-13-8-22(9-14-25)32(40)41-18-27(37)21-6-11-24(33)12-7-21/h2-15,28H,16,18H2,1H3. The molecular weight excluding hydrogens is 574 g/mol. The van der Waals surface area contributed by atoms with E-state index in [2.05, 4.69) is 11.1 Å². The second-order valence-electron chi connectivity index (χ2n) is 9.46. The third kappa shape index (κ3) is 6.25. The van der Waals surface area contributed by atoms with Crippen LogP contribution in [-0.2, 0) is 14.3 Å². The molecule has 5 rings (SSSR count). The van der Waals surface area contributed by atoms with Crippen molar-refractivity contribution >= 4 is 52.6 Å². The van der Waals surface area contributed by atoms with Gasteiger partial charge in [0, 0.05) is 22.6 Å². The Morgan fingerprint density at radius 3 is 2.31 bits per heavy atom. The number of halogens is 1. The molecule has 0 radical (unpaired) electrons. The van der Waals surface area contributed by atoms with Gasteiger partial charge in [0.2, 0.25) is 11.8 Å². The van der Waals surface area contributed by atoms with Crippen LogP contribution in [0.4, 0.5) is 5.69 Å². The highest BCUT2D eigenvalue weighted by atomic mass is 35.5. The number of ether oxygens (including phenoxy) is 1. The van der Waals surface area contributed by atoms with Crippen LogP contribution < -0.4 is 4.90 Å². The maximum Gasteiger partial charge on any atom is 0.338 e. The lowest BCUT2D eigenvalue weighted by molar-refractivity contribution is -0.121. The third-order valence-electron chi connectivity index (χ3n) is 6.55. The highest BCUT2D eigenvalue weighted by Crippen LogP contribution is 2.35. The molecule has 3 aromatic carbocycles. The fourth-order valence-corrected chi connectivity index (χ4v) is 5.50. The zero-order valence-electron chi connectivity index (χ0n) is 22.2. The number of benzene rings is 3. The number of Topliss-reactive ketones (excluding diaryl/α,β-unsaturated/α-hetero) is 1. The molecule has 1 unspecified atom stereocenters. The van der Waals surface area contributed by atoms with Gasteiger partial charge in [-0.05, 0) is 67.6 Å². The van der Waals surface area contributed by atoms with Crippen molar-refractivity contribution < 1.29 is 23.9 Å². The summed E-state index contributed by atoms with van der Waals surface area (Å²) in [6.45, 7) is 1.53. The molecule has 0 N–H and O–H groups in total. The summed E-state index contributed by atoms with van der Waals surface area (Å²) in [6.07, 6.45) is -0.0680. The summed E-state index contributed by atoms with van der Waals surface area (Å²) in [5.74, 6) is -1.96. The molecule has 1 saturated heterocycles. The van der Waals surface area contributed by atoms with E-state index in [4.69, 9.17) is 16.3 Å². The first-order chi connectivity index (χ1) is 20.2. The Kier molecular flexibility index (Phi) is 8.48. The summed E-state index contributed by atoms with van der Waals surface area (Å²) >= 11 is 6.91. The van der Waals surface area contributed by atoms with Crippen LogP contribution in [-0.4, -0.2) is 40.4 Å².